The number of sulfone groups is 1. The lowest BCUT2D eigenvalue weighted by molar-refractivity contribution is 0.0746. The predicted molar refractivity (Wildman–Crippen MR) is 80.5 cm³/mol. The average molecular weight is 364 g/mol. The highest BCUT2D eigenvalue weighted by molar-refractivity contribution is 9.10. The van der Waals surface area contributed by atoms with Crippen LogP contribution in [0, 0.1) is 0 Å². The smallest absolute Gasteiger partial charge is 0.255 e. The number of carbonyl (C=O) groups is 1. The van der Waals surface area contributed by atoms with Crippen LogP contribution >= 0.6 is 28.6 Å². The summed E-state index contributed by atoms with van der Waals surface area (Å²) in [7, 11) is -1.35. The molecule has 1 aliphatic heterocycles. The van der Waals surface area contributed by atoms with E-state index in [0.29, 0.717) is 21.4 Å². The van der Waals surface area contributed by atoms with Crippen molar-refractivity contribution in [2.24, 2.45) is 0 Å². The first-order valence-electron chi connectivity index (χ1n) is 5.76. The van der Waals surface area contributed by atoms with Crippen LogP contribution in [0.4, 0.5) is 0 Å². The van der Waals surface area contributed by atoms with Gasteiger partial charge in [0.05, 0.1) is 17.1 Å². The first-order valence-corrected chi connectivity index (χ1v) is 8.82. The Bertz CT molecular complexity index is 615. The lowest BCUT2D eigenvalue weighted by Crippen LogP contribution is -2.38. The van der Waals surface area contributed by atoms with Crippen LogP contribution in [-0.2, 0) is 9.84 Å². The number of benzene rings is 1. The molecule has 0 spiro atoms. The van der Waals surface area contributed by atoms with Gasteiger partial charge in [0, 0.05) is 22.5 Å². The highest BCUT2D eigenvalue weighted by Gasteiger charge is 2.33. The van der Waals surface area contributed by atoms with Crippen LogP contribution in [-0.4, -0.2) is 43.8 Å². The van der Waals surface area contributed by atoms with Crippen molar-refractivity contribution in [2.75, 3.05) is 18.6 Å². The predicted octanol–water partition coefficient (Wildman–Crippen LogP) is 2.00. The van der Waals surface area contributed by atoms with Crippen molar-refractivity contribution in [1.29, 1.82) is 0 Å². The Morgan fingerprint density at radius 3 is 2.74 bits per heavy atom. The zero-order valence-corrected chi connectivity index (χ0v) is 13.6. The number of amides is 1. The molecule has 0 bridgehead atoms. The van der Waals surface area contributed by atoms with Crippen molar-refractivity contribution in [3.05, 3.63) is 28.2 Å². The van der Waals surface area contributed by atoms with Crippen LogP contribution in [0.1, 0.15) is 16.8 Å². The van der Waals surface area contributed by atoms with E-state index in [2.05, 4.69) is 28.6 Å². The second kappa shape index (κ2) is 5.46. The molecule has 2 rings (SSSR count). The summed E-state index contributed by atoms with van der Waals surface area (Å²) in [5, 5.41) is 0. The van der Waals surface area contributed by atoms with E-state index >= 15 is 0 Å². The second-order valence-corrected chi connectivity index (χ2v) is 8.24. The van der Waals surface area contributed by atoms with Gasteiger partial charge in [0.1, 0.15) is 0 Å². The van der Waals surface area contributed by atoms with Gasteiger partial charge in [-0.1, -0.05) is 0 Å². The largest absolute Gasteiger partial charge is 0.338 e. The van der Waals surface area contributed by atoms with E-state index in [1.54, 1.807) is 25.2 Å². The molecule has 1 aromatic carbocycles. The number of nitrogens with zero attached hydrogens (tertiary/aromatic N) is 1. The number of hydrogen-bond acceptors (Lipinski definition) is 4. The molecule has 0 N–H and O–H groups in total. The van der Waals surface area contributed by atoms with Crippen molar-refractivity contribution in [1.82, 2.24) is 4.90 Å². The summed E-state index contributed by atoms with van der Waals surface area (Å²) in [5.74, 6) is 0.0149. The van der Waals surface area contributed by atoms with E-state index in [0.717, 1.165) is 0 Å². The van der Waals surface area contributed by atoms with Gasteiger partial charge in [-0.05, 0) is 40.5 Å². The summed E-state index contributed by atoms with van der Waals surface area (Å²) in [6, 6.07) is 4.97. The summed E-state index contributed by atoms with van der Waals surface area (Å²) in [6.07, 6.45) is 0.503. The van der Waals surface area contributed by atoms with E-state index in [-0.39, 0.29) is 23.5 Å². The molecular formula is C12H14BrNO3S2. The zero-order valence-electron chi connectivity index (χ0n) is 10.3. The van der Waals surface area contributed by atoms with E-state index in [9.17, 15) is 13.2 Å². The number of thiol groups is 1. The van der Waals surface area contributed by atoms with Gasteiger partial charge in [-0.2, -0.15) is 0 Å². The molecule has 0 aromatic heterocycles. The minimum absolute atomic E-state index is 0.0490. The van der Waals surface area contributed by atoms with E-state index in [4.69, 9.17) is 0 Å². The maximum Gasteiger partial charge on any atom is 0.255 e. The second-order valence-electron chi connectivity index (χ2n) is 4.64. The fourth-order valence-electron chi connectivity index (χ4n) is 2.11. The fourth-order valence-corrected chi connectivity index (χ4v) is 4.51. The zero-order chi connectivity index (χ0) is 14.2. The molecule has 1 heterocycles. The minimum atomic E-state index is -3.00. The van der Waals surface area contributed by atoms with Crippen LogP contribution in [0.15, 0.2) is 27.6 Å². The maximum absolute atomic E-state index is 12.4. The number of rotatable bonds is 2. The molecule has 1 unspecified atom stereocenters. The van der Waals surface area contributed by atoms with Crippen LogP contribution in [0.5, 0.6) is 0 Å². The third-order valence-electron chi connectivity index (χ3n) is 3.26. The average Bonchev–Trinajstić information content (AvgIpc) is 2.71. The third-order valence-corrected chi connectivity index (χ3v) is 5.98. The lowest BCUT2D eigenvalue weighted by atomic mass is 10.1. The van der Waals surface area contributed by atoms with Gasteiger partial charge >= 0.3 is 0 Å². The first-order chi connectivity index (χ1) is 8.80. The summed E-state index contributed by atoms with van der Waals surface area (Å²) >= 11 is 7.55. The van der Waals surface area contributed by atoms with Crippen LogP contribution in [0.2, 0.25) is 0 Å². The third kappa shape index (κ3) is 3.32. The summed E-state index contributed by atoms with van der Waals surface area (Å²) in [6.45, 7) is 0. The molecule has 1 saturated heterocycles. The highest BCUT2D eigenvalue weighted by Crippen LogP contribution is 2.24. The molecule has 1 atom stereocenters. The summed E-state index contributed by atoms with van der Waals surface area (Å²) in [4.78, 5) is 14.6. The summed E-state index contributed by atoms with van der Waals surface area (Å²) < 4.78 is 23.6. The van der Waals surface area contributed by atoms with Crippen molar-refractivity contribution in [3.63, 3.8) is 0 Å². The molecule has 19 heavy (non-hydrogen) atoms. The monoisotopic (exact) mass is 363 g/mol. The summed E-state index contributed by atoms with van der Waals surface area (Å²) in [5.41, 5.74) is 0.499. The quantitative estimate of drug-likeness (QED) is 0.817. The van der Waals surface area contributed by atoms with Gasteiger partial charge in [-0.3, -0.25) is 4.79 Å². The number of carbonyl (C=O) groups excluding carboxylic acids is 1. The van der Waals surface area contributed by atoms with E-state index in [1.807, 2.05) is 0 Å². The van der Waals surface area contributed by atoms with Crippen LogP contribution in [0.25, 0.3) is 0 Å². The molecule has 1 fully saturated rings. The topological polar surface area (TPSA) is 54.5 Å². The van der Waals surface area contributed by atoms with Gasteiger partial charge in [0.2, 0.25) is 0 Å². The Labute approximate surface area is 126 Å². The van der Waals surface area contributed by atoms with Crippen molar-refractivity contribution in [2.45, 2.75) is 17.4 Å². The molecule has 1 amide bonds. The molecule has 104 valence electrons. The van der Waals surface area contributed by atoms with Gasteiger partial charge in [-0.25, -0.2) is 8.42 Å². The molecule has 0 saturated carbocycles. The maximum atomic E-state index is 12.4. The number of halogens is 1. The van der Waals surface area contributed by atoms with Gasteiger partial charge in [0.15, 0.2) is 9.84 Å². The molecule has 1 aliphatic rings. The van der Waals surface area contributed by atoms with Crippen molar-refractivity contribution < 1.29 is 13.2 Å². The Hall–Kier alpha value is -0.530. The Morgan fingerprint density at radius 1 is 1.47 bits per heavy atom. The Morgan fingerprint density at radius 2 is 2.16 bits per heavy atom. The SMILES string of the molecule is CN(C(=O)c1cc(S)ccc1Br)C1CCS(=O)(=O)C1. The van der Waals surface area contributed by atoms with Crippen molar-refractivity contribution >= 4 is 44.3 Å². The normalized spacial score (nSPS) is 21.3. The standard InChI is InChI=1S/C12H14BrNO3S2/c1-14(8-4-5-19(16,17)7-8)12(15)10-6-9(18)2-3-11(10)13/h2-3,6,8,18H,4-5,7H2,1H3. The molecule has 1 aromatic rings. The van der Waals surface area contributed by atoms with Crippen LogP contribution in [0.3, 0.4) is 0 Å². The Kier molecular flexibility index (Phi) is 4.27. The minimum Gasteiger partial charge on any atom is -0.338 e. The van der Waals surface area contributed by atoms with E-state index < -0.39 is 9.84 Å². The molecule has 0 radical (unpaired) electrons. The van der Waals surface area contributed by atoms with Crippen molar-refractivity contribution in [3.8, 4) is 0 Å². The molecule has 4 nitrogen and oxygen atoms in total. The molecular weight excluding hydrogens is 350 g/mol. The van der Waals surface area contributed by atoms with Gasteiger partial charge in [0.25, 0.3) is 5.91 Å². The fraction of sp³-hybridized carbons (Fsp3) is 0.417. The molecule has 7 heteroatoms. The first kappa shape index (κ1) is 14.9. The molecule has 0 aliphatic carbocycles. The van der Waals surface area contributed by atoms with E-state index in [1.165, 1.54) is 4.90 Å². The van der Waals surface area contributed by atoms with Crippen LogP contribution < -0.4 is 0 Å². The number of hydrogen-bond donors (Lipinski definition) is 1. The van der Waals surface area contributed by atoms with Gasteiger partial charge < -0.3 is 4.90 Å². The highest BCUT2D eigenvalue weighted by atomic mass is 79.9. The lowest BCUT2D eigenvalue weighted by Gasteiger charge is -2.24. The Balaban J connectivity index is 2.22. The van der Waals surface area contributed by atoms with Gasteiger partial charge in [-0.15, -0.1) is 12.6 Å².